The maximum absolute atomic E-state index is 12.1. The summed E-state index contributed by atoms with van der Waals surface area (Å²) < 4.78 is 5.21. The zero-order valence-corrected chi connectivity index (χ0v) is 13.9. The predicted molar refractivity (Wildman–Crippen MR) is 91.4 cm³/mol. The minimum atomic E-state index is -0.346. The Labute approximate surface area is 139 Å². The molecule has 122 valence electrons. The van der Waals surface area contributed by atoms with Crippen molar-refractivity contribution in [2.75, 3.05) is 17.7 Å². The average molecular weight is 332 g/mol. The molecule has 1 aromatic heterocycles. The number of rotatable bonds is 4. The van der Waals surface area contributed by atoms with Crippen molar-refractivity contribution < 1.29 is 9.53 Å². The van der Waals surface area contributed by atoms with Crippen molar-refractivity contribution in [1.29, 1.82) is 0 Å². The molecule has 1 aliphatic carbocycles. The van der Waals surface area contributed by atoms with Crippen molar-refractivity contribution in [2.45, 2.75) is 38.0 Å². The van der Waals surface area contributed by atoms with E-state index in [4.69, 9.17) is 4.74 Å². The maximum atomic E-state index is 12.1. The lowest BCUT2D eigenvalue weighted by molar-refractivity contribution is 0.262. The molecular weight excluding hydrogens is 312 g/mol. The molecule has 2 N–H and O–H groups in total. The van der Waals surface area contributed by atoms with Gasteiger partial charge in [0.15, 0.2) is 0 Å². The lowest BCUT2D eigenvalue weighted by Crippen LogP contribution is -2.19. The van der Waals surface area contributed by atoms with Crippen LogP contribution in [-0.2, 0) is 0 Å². The van der Waals surface area contributed by atoms with Gasteiger partial charge in [0.25, 0.3) is 0 Å². The van der Waals surface area contributed by atoms with Gasteiger partial charge in [-0.15, -0.1) is 10.2 Å². The highest BCUT2D eigenvalue weighted by molar-refractivity contribution is 7.15. The van der Waals surface area contributed by atoms with Crippen LogP contribution in [-0.4, -0.2) is 23.3 Å². The normalized spacial score (nSPS) is 15.2. The first kappa shape index (κ1) is 15.7. The van der Waals surface area contributed by atoms with Crippen LogP contribution >= 0.6 is 11.3 Å². The van der Waals surface area contributed by atoms with Gasteiger partial charge in [-0.25, -0.2) is 4.79 Å². The summed E-state index contributed by atoms with van der Waals surface area (Å²) in [5.41, 5.74) is 0.615. The monoisotopic (exact) mass is 332 g/mol. The van der Waals surface area contributed by atoms with Crippen molar-refractivity contribution in [2.24, 2.45) is 0 Å². The Hall–Kier alpha value is -2.15. The van der Waals surface area contributed by atoms with E-state index in [0.717, 1.165) is 5.01 Å². The number of aromatic nitrogens is 2. The number of benzene rings is 1. The number of methoxy groups -OCH3 is 1. The quantitative estimate of drug-likeness (QED) is 0.878. The van der Waals surface area contributed by atoms with Crippen LogP contribution < -0.4 is 15.4 Å². The average Bonchev–Trinajstić information content (AvgIpc) is 3.04. The third-order valence-corrected chi connectivity index (χ3v) is 4.97. The Morgan fingerprint density at radius 2 is 1.96 bits per heavy atom. The van der Waals surface area contributed by atoms with Crippen molar-refractivity contribution >= 4 is 28.2 Å². The second-order valence-corrected chi connectivity index (χ2v) is 6.57. The highest BCUT2D eigenvalue weighted by Crippen LogP contribution is 2.35. The van der Waals surface area contributed by atoms with Gasteiger partial charge in [0.2, 0.25) is 5.13 Å². The highest BCUT2D eigenvalue weighted by Gasteiger charge is 2.20. The Bertz CT molecular complexity index is 668. The van der Waals surface area contributed by atoms with Crippen LogP contribution in [0.5, 0.6) is 5.75 Å². The van der Waals surface area contributed by atoms with Crippen LogP contribution in [0.3, 0.4) is 0 Å². The zero-order chi connectivity index (χ0) is 16.1. The van der Waals surface area contributed by atoms with Gasteiger partial charge in [-0.1, -0.05) is 42.7 Å². The van der Waals surface area contributed by atoms with Gasteiger partial charge in [-0.3, -0.25) is 5.32 Å². The molecule has 3 rings (SSSR count). The van der Waals surface area contributed by atoms with Gasteiger partial charge >= 0.3 is 6.03 Å². The number of para-hydroxylation sites is 2. The van der Waals surface area contributed by atoms with Crippen LogP contribution in [0.2, 0.25) is 0 Å². The molecule has 7 heteroatoms. The van der Waals surface area contributed by atoms with Gasteiger partial charge in [-0.2, -0.15) is 0 Å². The summed E-state index contributed by atoms with van der Waals surface area (Å²) in [5, 5.41) is 15.4. The Kier molecular flexibility index (Phi) is 5.07. The fourth-order valence-electron chi connectivity index (χ4n) is 2.80. The van der Waals surface area contributed by atoms with Crippen LogP contribution in [0.15, 0.2) is 24.3 Å². The van der Waals surface area contributed by atoms with E-state index >= 15 is 0 Å². The summed E-state index contributed by atoms with van der Waals surface area (Å²) in [4.78, 5) is 12.1. The smallest absolute Gasteiger partial charge is 0.325 e. The van der Waals surface area contributed by atoms with Gasteiger partial charge in [-0.05, 0) is 25.0 Å². The zero-order valence-electron chi connectivity index (χ0n) is 13.0. The number of nitrogens with zero attached hydrogens (tertiary/aromatic N) is 2. The molecule has 1 saturated carbocycles. The van der Waals surface area contributed by atoms with E-state index in [1.54, 1.807) is 19.2 Å². The molecule has 1 fully saturated rings. The van der Waals surface area contributed by atoms with E-state index in [9.17, 15) is 4.79 Å². The second-order valence-electron chi connectivity index (χ2n) is 5.56. The summed E-state index contributed by atoms with van der Waals surface area (Å²) in [6, 6.07) is 6.92. The molecule has 23 heavy (non-hydrogen) atoms. The number of hydrogen-bond donors (Lipinski definition) is 2. The fraction of sp³-hybridized carbons (Fsp3) is 0.438. The predicted octanol–water partition coefficient (Wildman–Crippen LogP) is 4.24. The summed E-state index contributed by atoms with van der Waals surface area (Å²) in [6.07, 6.45) is 6.15. The minimum absolute atomic E-state index is 0.346. The maximum Gasteiger partial charge on any atom is 0.325 e. The topological polar surface area (TPSA) is 76.1 Å². The molecule has 2 aromatic rings. The first-order valence-electron chi connectivity index (χ1n) is 7.80. The molecule has 6 nitrogen and oxygen atoms in total. The van der Waals surface area contributed by atoms with Crippen molar-refractivity contribution in [3.05, 3.63) is 29.3 Å². The summed E-state index contributed by atoms with van der Waals surface area (Å²) in [6.45, 7) is 0. The number of carbonyl (C=O) groups excluding carboxylic acids is 1. The van der Waals surface area contributed by atoms with E-state index in [1.807, 2.05) is 12.1 Å². The van der Waals surface area contributed by atoms with Crippen LogP contribution in [0.1, 0.15) is 43.0 Å². The van der Waals surface area contributed by atoms with E-state index in [1.165, 1.54) is 43.4 Å². The lowest BCUT2D eigenvalue weighted by Gasteiger charge is -2.18. The van der Waals surface area contributed by atoms with Crippen molar-refractivity contribution in [3.63, 3.8) is 0 Å². The van der Waals surface area contributed by atoms with Gasteiger partial charge in [0, 0.05) is 5.92 Å². The van der Waals surface area contributed by atoms with E-state index < -0.39 is 0 Å². The Morgan fingerprint density at radius 1 is 1.17 bits per heavy atom. The second kappa shape index (κ2) is 7.41. The molecular formula is C16H20N4O2S. The Morgan fingerprint density at radius 3 is 2.74 bits per heavy atom. The molecule has 2 amide bonds. The van der Waals surface area contributed by atoms with Gasteiger partial charge in [0.05, 0.1) is 12.8 Å². The van der Waals surface area contributed by atoms with Crippen LogP contribution in [0.4, 0.5) is 15.6 Å². The fourth-order valence-corrected chi connectivity index (χ4v) is 3.71. The Balaban J connectivity index is 1.60. The number of carbonyl (C=O) groups is 1. The molecule has 0 aliphatic heterocycles. The SMILES string of the molecule is COc1ccccc1NC(=O)Nc1nnc(C2CCCCC2)s1. The molecule has 0 radical (unpaired) electrons. The number of amides is 2. The summed E-state index contributed by atoms with van der Waals surface area (Å²) in [5.74, 6) is 1.11. The molecule has 0 unspecified atom stereocenters. The first-order valence-corrected chi connectivity index (χ1v) is 8.62. The van der Waals surface area contributed by atoms with Crippen LogP contribution in [0.25, 0.3) is 0 Å². The van der Waals surface area contributed by atoms with Crippen molar-refractivity contribution in [1.82, 2.24) is 10.2 Å². The van der Waals surface area contributed by atoms with Crippen LogP contribution in [0, 0.1) is 0 Å². The number of urea groups is 1. The highest BCUT2D eigenvalue weighted by atomic mass is 32.1. The largest absolute Gasteiger partial charge is 0.495 e. The van der Waals surface area contributed by atoms with E-state index in [2.05, 4.69) is 20.8 Å². The summed E-state index contributed by atoms with van der Waals surface area (Å²) in [7, 11) is 1.57. The molecule has 1 aliphatic rings. The third kappa shape index (κ3) is 3.98. The lowest BCUT2D eigenvalue weighted by atomic mass is 9.90. The van der Waals surface area contributed by atoms with E-state index in [0.29, 0.717) is 22.5 Å². The molecule has 0 spiro atoms. The first-order chi connectivity index (χ1) is 11.3. The van der Waals surface area contributed by atoms with Crippen molar-refractivity contribution in [3.8, 4) is 5.75 Å². The van der Waals surface area contributed by atoms with Gasteiger partial charge in [0.1, 0.15) is 10.8 Å². The van der Waals surface area contributed by atoms with E-state index in [-0.39, 0.29) is 6.03 Å². The number of nitrogens with one attached hydrogen (secondary N) is 2. The minimum Gasteiger partial charge on any atom is -0.495 e. The number of anilines is 2. The van der Waals surface area contributed by atoms with Gasteiger partial charge < -0.3 is 10.1 Å². The molecule has 1 aromatic carbocycles. The number of ether oxygens (including phenoxy) is 1. The molecule has 0 atom stereocenters. The molecule has 0 saturated heterocycles. The standard InChI is InChI=1S/C16H20N4O2S/c1-22-13-10-6-5-9-12(13)17-15(21)18-16-20-19-14(23-16)11-7-3-2-4-8-11/h5-6,9-11H,2-4,7-8H2,1H3,(H2,17,18,20,21). The molecule has 1 heterocycles. The number of hydrogen-bond acceptors (Lipinski definition) is 5. The molecule has 0 bridgehead atoms. The summed E-state index contributed by atoms with van der Waals surface area (Å²) >= 11 is 1.46. The third-order valence-electron chi connectivity index (χ3n) is 3.97.